The summed E-state index contributed by atoms with van der Waals surface area (Å²) in [6.07, 6.45) is 20.2. The third-order valence-corrected chi connectivity index (χ3v) is 7.82. The molecule has 0 N–H and O–H groups in total. The lowest BCUT2D eigenvalue weighted by atomic mass is 9.69. The first-order chi connectivity index (χ1) is 11.8. The van der Waals surface area contributed by atoms with Crippen molar-refractivity contribution in [2.75, 3.05) is 0 Å². The summed E-state index contributed by atoms with van der Waals surface area (Å²) < 4.78 is 0. The molecule has 0 amide bonds. The van der Waals surface area contributed by atoms with E-state index < -0.39 is 0 Å². The Labute approximate surface area is 151 Å². The number of rotatable bonds is 3. The minimum Gasteiger partial charge on any atom is -0.0996 e. The van der Waals surface area contributed by atoms with Gasteiger partial charge in [0.1, 0.15) is 0 Å². The maximum atomic E-state index is 3.71. The average Bonchev–Trinajstić information content (AvgIpc) is 2.67. The zero-order valence-electron chi connectivity index (χ0n) is 16.4. The van der Waals surface area contributed by atoms with Crippen molar-refractivity contribution >= 4 is 0 Å². The third-order valence-electron chi connectivity index (χ3n) is 7.82. The lowest BCUT2D eigenvalue weighted by molar-refractivity contribution is 0.155. The first-order valence-electron chi connectivity index (χ1n) is 11.3. The summed E-state index contributed by atoms with van der Waals surface area (Å²) in [5.74, 6) is 13.0. The molecule has 3 rings (SSSR count). The zero-order chi connectivity index (χ0) is 16.8. The molecule has 0 spiro atoms. The van der Waals surface area contributed by atoms with Gasteiger partial charge in [-0.15, -0.1) is 0 Å². The van der Waals surface area contributed by atoms with Crippen LogP contribution < -0.4 is 0 Å². The highest BCUT2D eigenvalue weighted by atomic mass is 14.3. The Bertz CT molecular complexity index is 401. The second-order valence-electron chi connectivity index (χ2n) is 9.22. The van der Waals surface area contributed by atoms with Gasteiger partial charge < -0.3 is 0 Å². The van der Waals surface area contributed by atoms with Gasteiger partial charge in [0.15, 0.2) is 0 Å². The molecule has 0 heteroatoms. The minimum absolute atomic E-state index is 0.731. The topological polar surface area (TPSA) is 0 Å². The van der Waals surface area contributed by atoms with Crippen molar-refractivity contribution in [2.24, 2.45) is 35.5 Å². The van der Waals surface area contributed by atoms with Gasteiger partial charge in [-0.1, -0.05) is 51.4 Å². The summed E-state index contributed by atoms with van der Waals surface area (Å²) in [4.78, 5) is 0. The Morgan fingerprint density at radius 2 is 0.833 bits per heavy atom. The fourth-order valence-electron chi connectivity index (χ4n) is 5.75. The number of hydrogen-bond acceptors (Lipinski definition) is 0. The smallest absolute Gasteiger partial charge is 0.0203 e. The Balaban J connectivity index is 1.38. The highest BCUT2D eigenvalue weighted by Crippen LogP contribution is 2.42. The minimum atomic E-state index is 0.731. The lowest BCUT2D eigenvalue weighted by Crippen LogP contribution is -2.25. The molecule has 3 saturated carbocycles. The monoisotopic (exact) mass is 328 g/mol. The van der Waals surface area contributed by atoms with Gasteiger partial charge in [-0.25, -0.2) is 0 Å². The normalized spacial score (nSPS) is 40.6. The molecular weight excluding hydrogens is 288 g/mol. The Kier molecular flexibility index (Phi) is 7.12. The van der Waals surface area contributed by atoms with Crippen molar-refractivity contribution in [3.05, 3.63) is 0 Å². The molecule has 0 radical (unpaired) electrons. The largest absolute Gasteiger partial charge is 0.0996 e. The van der Waals surface area contributed by atoms with E-state index >= 15 is 0 Å². The molecular formula is C24H40. The first kappa shape index (κ1) is 18.4. The van der Waals surface area contributed by atoms with Crippen molar-refractivity contribution in [2.45, 2.75) is 104 Å². The van der Waals surface area contributed by atoms with E-state index in [2.05, 4.69) is 25.7 Å². The van der Waals surface area contributed by atoms with Crippen LogP contribution in [0.15, 0.2) is 0 Å². The average molecular weight is 329 g/mol. The van der Waals surface area contributed by atoms with Crippen LogP contribution in [0.25, 0.3) is 0 Å². The van der Waals surface area contributed by atoms with Crippen LogP contribution in [0.4, 0.5) is 0 Å². The molecule has 3 fully saturated rings. The zero-order valence-corrected chi connectivity index (χ0v) is 16.4. The summed E-state index contributed by atoms with van der Waals surface area (Å²) in [5, 5.41) is 0. The first-order valence-corrected chi connectivity index (χ1v) is 11.3. The predicted octanol–water partition coefficient (Wildman–Crippen LogP) is 7.23. The van der Waals surface area contributed by atoms with Crippen molar-refractivity contribution < 1.29 is 0 Å². The molecule has 0 bridgehead atoms. The molecule has 0 saturated heterocycles. The Morgan fingerprint density at radius 1 is 0.500 bits per heavy atom. The molecule has 0 unspecified atom stereocenters. The molecule has 136 valence electrons. The van der Waals surface area contributed by atoms with E-state index in [1.807, 2.05) is 0 Å². The van der Waals surface area contributed by atoms with Crippen LogP contribution in [0.1, 0.15) is 104 Å². The van der Waals surface area contributed by atoms with Crippen molar-refractivity contribution in [3.8, 4) is 11.8 Å². The van der Waals surface area contributed by atoms with Gasteiger partial charge in [0.05, 0.1) is 0 Å². The summed E-state index contributed by atoms with van der Waals surface area (Å²) in [5.41, 5.74) is 0. The highest BCUT2D eigenvalue weighted by molar-refractivity contribution is 5.09. The van der Waals surface area contributed by atoms with Crippen molar-refractivity contribution in [3.63, 3.8) is 0 Å². The van der Waals surface area contributed by atoms with Crippen molar-refractivity contribution in [1.29, 1.82) is 0 Å². The fraction of sp³-hybridized carbons (Fsp3) is 0.917. The van der Waals surface area contributed by atoms with E-state index in [9.17, 15) is 0 Å². The fourth-order valence-corrected chi connectivity index (χ4v) is 5.75. The van der Waals surface area contributed by atoms with E-state index in [1.54, 1.807) is 0 Å². The summed E-state index contributed by atoms with van der Waals surface area (Å²) >= 11 is 0. The Hall–Kier alpha value is -0.440. The van der Waals surface area contributed by atoms with Crippen LogP contribution in [0, 0.1) is 47.3 Å². The van der Waals surface area contributed by atoms with Crippen LogP contribution in [0.2, 0.25) is 0 Å². The standard InChI is InChI=1S/C24H40/c1-3-19-5-7-21(8-6-19)9-10-22-13-17-24(18-14-22)23-15-11-20(4-2)12-16-23/h19-24H,3-8,11-18H2,1-2H3. The molecule has 0 heterocycles. The van der Waals surface area contributed by atoms with E-state index in [-0.39, 0.29) is 0 Å². The molecule has 0 aliphatic heterocycles. The van der Waals surface area contributed by atoms with Gasteiger partial charge >= 0.3 is 0 Å². The molecule has 0 atom stereocenters. The molecule has 0 nitrogen and oxygen atoms in total. The van der Waals surface area contributed by atoms with Crippen LogP contribution in [-0.4, -0.2) is 0 Å². The second-order valence-corrected chi connectivity index (χ2v) is 9.22. The summed E-state index contributed by atoms with van der Waals surface area (Å²) in [7, 11) is 0. The van der Waals surface area contributed by atoms with E-state index in [0.29, 0.717) is 0 Å². The van der Waals surface area contributed by atoms with E-state index in [1.165, 1.54) is 89.9 Å². The molecule has 3 aliphatic rings. The highest BCUT2D eigenvalue weighted by Gasteiger charge is 2.30. The van der Waals surface area contributed by atoms with Crippen LogP contribution >= 0.6 is 0 Å². The van der Waals surface area contributed by atoms with Gasteiger partial charge in [0.2, 0.25) is 0 Å². The third kappa shape index (κ3) is 5.03. The molecule has 0 aromatic carbocycles. The summed E-state index contributed by atoms with van der Waals surface area (Å²) in [6, 6.07) is 0. The van der Waals surface area contributed by atoms with Gasteiger partial charge in [0.25, 0.3) is 0 Å². The SMILES string of the molecule is CCC1CCC(C#CC2CCC(C3CCC(CC)CC3)CC2)CC1. The van der Waals surface area contributed by atoms with Gasteiger partial charge in [0, 0.05) is 11.8 Å². The second kappa shape index (κ2) is 9.31. The molecule has 24 heavy (non-hydrogen) atoms. The maximum absolute atomic E-state index is 3.71. The van der Waals surface area contributed by atoms with Crippen LogP contribution in [0.3, 0.4) is 0 Å². The van der Waals surface area contributed by atoms with Gasteiger partial charge in [-0.2, -0.15) is 0 Å². The molecule has 0 aromatic rings. The van der Waals surface area contributed by atoms with Crippen LogP contribution in [-0.2, 0) is 0 Å². The van der Waals surface area contributed by atoms with Gasteiger partial charge in [-0.05, 0) is 87.9 Å². The Morgan fingerprint density at radius 3 is 1.25 bits per heavy atom. The number of hydrogen-bond donors (Lipinski definition) is 0. The van der Waals surface area contributed by atoms with Crippen LogP contribution in [0.5, 0.6) is 0 Å². The van der Waals surface area contributed by atoms with E-state index in [0.717, 1.165) is 35.5 Å². The maximum Gasteiger partial charge on any atom is 0.0203 e. The predicted molar refractivity (Wildman–Crippen MR) is 105 cm³/mol. The molecule has 3 aliphatic carbocycles. The molecule has 0 aromatic heterocycles. The van der Waals surface area contributed by atoms with Gasteiger partial charge in [-0.3, -0.25) is 0 Å². The summed E-state index contributed by atoms with van der Waals surface area (Å²) in [6.45, 7) is 4.73. The van der Waals surface area contributed by atoms with E-state index in [4.69, 9.17) is 0 Å². The quantitative estimate of drug-likeness (QED) is 0.479. The lowest BCUT2D eigenvalue weighted by Gasteiger charge is -2.37. The van der Waals surface area contributed by atoms with Crippen molar-refractivity contribution in [1.82, 2.24) is 0 Å².